The number of hydrogen-bond donors (Lipinski definition) is 2. The minimum Gasteiger partial charge on any atom is -0.460 e. The molecule has 0 aromatic carbocycles. The van der Waals surface area contributed by atoms with Gasteiger partial charge in [0.2, 0.25) is 0 Å². The second kappa shape index (κ2) is 11.3. The van der Waals surface area contributed by atoms with Gasteiger partial charge >= 0.3 is 11.9 Å². The number of esters is 2. The van der Waals surface area contributed by atoms with Gasteiger partial charge in [0.05, 0.1) is 26.4 Å². The maximum absolute atomic E-state index is 11.5. The molecule has 4 saturated carbocycles. The lowest BCUT2D eigenvalue weighted by Crippen LogP contribution is -2.55. The first-order valence-electron chi connectivity index (χ1n) is 12.2. The third-order valence-electron chi connectivity index (χ3n) is 7.25. The van der Waals surface area contributed by atoms with Crippen molar-refractivity contribution in [1.82, 2.24) is 0 Å². The zero-order chi connectivity index (χ0) is 24.9. The Morgan fingerprint density at radius 2 is 1.18 bits per heavy atom. The lowest BCUT2D eigenvalue weighted by atomic mass is 9.44. The maximum atomic E-state index is 11.5. The van der Waals surface area contributed by atoms with Gasteiger partial charge in [-0.3, -0.25) is 0 Å². The van der Waals surface area contributed by atoms with Gasteiger partial charge < -0.3 is 29.2 Å². The highest BCUT2D eigenvalue weighted by atomic mass is 16.6. The largest absolute Gasteiger partial charge is 0.460 e. The van der Waals surface area contributed by atoms with Crippen molar-refractivity contribution >= 4 is 11.9 Å². The normalized spacial score (nSPS) is 31.1. The van der Waals surface area contributed by atoms with Crippen LogP contribution in [0, 0.1) is 22.7 Å². The monoisotopic (exact) mass is 480 g/mol. The minimum atomic E-state index is -0.866. The molecule has 2 atom stereocenters. The smallest absolute Gasteiger partial charge is 0.333 e. The molecule has 0 aromatic heterocycles. The van der Waals surface area contributed by atoms with Gasteiger partial charge in [0.15, 0.2) is 0 Å². The first kappa shape index (κ1) is 26.9. The predicted octanol–water partition coefficient (Wildman–Crippen LogP) is 2.57. The summed E-state index contributed by atoms with van der Waals surface area (Å²) in [4.78, 5) is 23.0. The Morgan fingerprint density at radius 3 is 1.53 bits per heavy atom. The molecule has 2 unspecified atom stereocenters. The summed E-state index contributed by atoms with van der Waals surface area (Å²) >= 11 is 0. The molecule has 0 spiro atoms. The fourth-order valence-electron chi connectivity index (χ4n) is 6.50. The number of rotatable bonds is 14. The molecular weight excluding hydrogens is 440 g/mol. The van der Waals surface area contributed by atoms with E-state index in [1.165, 1.54) is 6.42 Å². The van der Waals surface area contributed by atoms with Crippen molar-refractivity contribution in [2.24, 2.45) is 22.7 Å². The van der Waals surface area contributed by atoms with Crippen molar-refractivity contribution in [3.63, 3.8) is 0 Å². The summed E-state index contributed by atoms with van der Waals surface area (Å²) in [6.07, 6.45) is 5.05. The van der Waals surface area contributed by atoms with Gasteiger partial charge in [0.1, 0.15) is 25.4 Å². The Labute approximate surface area is 202 Å². The highest BCUT2D eigenvalue weighted by molar-refractivity contribution is 5.87. The van der Waals surface area contributed by atoms with Crippen LogP contribution in [0.2, 0.25) is 0 Å². The molecule has 8 heteroatoms. The number of carbonyl (C=O) groups excluding carboxylic acids is 2. The average Bonchev–Trinajstić information content (AvgIpc) is 2.74. The summed E-state index contributed by atoms with van der Waals surface area (Å²) in [5, 5.41) is 20.2. The molecule has 34 heavy (non-hydrogen) atoms. The van der Waals surface area contributed by atoms with E-state index in [9.17, 15) is 19.8 Å². The summed E-state index contributed by atoms with van der Waals surface area (Å²) in [6, 6.07) is 0. The third-order valence-corrected chi connectivity index (χ3v) is 7.25. The summed E-state index contributed by atoms with van der Waals surface area (Å²) < 4.78 is 21.9. The second-order valence-corrected chi connectivity index (χ2v) is 11.1. The summed E-state index contributed by atoms with van der Waals surface area (Å²) in [7, 11) is 0. The molecular formula is C26H40O8. The van der Waals surface area contributed by atoms with Crippen LogP contribution in [-0.2, 0) is 28.5 Å². The van der Waals surface area contributed by atoms with Crippen LogP contribution < -0.4 is 0 Å². The van der Waals surface area contributed by atoms with Crippen LogP contribution in [0.4, 0.5) is 0 Å². The first-order chi connectivity index (χ1) is 16.0. The molecule has 4 bridgehead atoms. The number of hydrogen-bond acceptors (Lipinski definition) is 8. The van der Waals surface area contributed by atoms with E-state index >= 15 is 0 Å². The van der Waals surface area contributed by atoms with Crippen LogP contribution in [-0.4, -0.2) is 74.0 Å². The van der Waals surface area contributed by atoms with E-state index in [1.807, 2.05) is 0 Å². The van der Waals surface area contributed by atoms with Gasteiger partial charge in [-0.25, -0.2) is 9.59 Å². The first-order valence-corrected chi connectivity index (χ1v) is 12.2. The van der Waals surface area contributed by atoms with Gasteiger partial charge in [0.25, 0.3) is 0 Å². The Bertz CT molecular complexity index is 701. The van der Waals surface area contributed by atoms with E-state index in [2.05, 4.69) is 13.2 Å². The molecule has 4 rings (SSSR count). The molecule has 0 saturated heterocycles. The molecule has 0 heterocycles. The fourth-order valence-corrected chi connectivity index (χ4v) is 6.50. The standard InChI is InChI=1S/C26H40O8/c1-17(2)23(29)33-12-21(27)10-31-15-25-6-19-5-20(7-25)9-26(8-19,14-25)16-32-11-22(28)13-34-24(30)18(3)4/h19-22,27-28H,1,3,5-16H2,2,4H3. The Morgan fingerprint density at radius 1 is 0.794 bits per heavy atom. The van der Waals surface area contributed by atoms with E-state index < -0.39 is 24.1 Å². The molecule has 0 amide bonds. The van der Waals surface area contributed by atoms with E-state index in [4.69, 9.17) is 18.9 Å². The van der Waals surface area contributed by atoms with Crippen molar-refractivity contribution in [3.05, 3.63) is 24.3 Å². The van der Waals surface area contributed by atoms with Crippen LogP contribution in [0.5, 0.6) is 0 Å². The second-order valence-electron chi connectivity index (χ2n) is 11.1. The zero-order valence-corrected chi connectivity index (χ0v) is 20.6. The van der Waals surface area contributed by atoms with Gasteiger partial charge in [0, 0.05) is 11.1 Å². The van der Waals surface area contributed by atoms with Crippen LogP contribution in [0.25, 0.3) is 0 Å². The van der Waals surface area contributed by atoms with Gasteiger partial charge in [-0.1, -0.05) is 13.2 Å². The van der Waals surface area contributed by atoms with Crippen molar-refractivity contribution < 1.29 is 38.7 Å². The van der Waals surface area contributed by atoms with E-state index in [0.717, 1.165) is 32.1 Å². The lowest BCUT2D eigenvalue weighted by molar-refractivity contribution is -0.170. The summed E-state index contributed by atoms with van der Waals surface area (Å²) in [5.41, 5.74) is 0.762. The third kappa shape index (κ3) is 7.13. The highest BCUT2D eigenvalue weighted by Crippen LogP contribution is 2.65. The van der Waals surface area contributed by atoms with Gasteiger partial charge in [-0.15, -0.1) is 0 Å². The highest BCUT2D eigenvalue weighted by Gasteiger charge is 2.57. The number of ether oxygens (including phenoxy) is 4. The SMILES string of the molecule is C=C(C)C(=O)OCC(O)COCC12CC3CC(C1)CC(COCC(O)COC(=O)C(=C)C)(C3)C2. The molecule has 192 valence electrons. The number of aliphatic hydroxyl groups excluding tert-OH is 2. The predicted molar refractivity (Wildman–Crippen MR) is 125 cm³/mol. The van der Waals surface area contributed by atoms with Crippen molar-refractivity contribution in [3.8, 4) is 0 Å². The Kier molecular flexibility index (Phi) is 8.95. The summed E-state index contributed by atoms with van der Waals surface area (Å²) in [6.45, 7) is 11.4. The quantitative estimate of drug-likeness (QED) is 0.288. The van der Waals surface area contributed by atoms with Crippen molar-refractivity contribution in [2.75, 3.05) is 39.6 Å². The fraction of sp³-hybridized carbons (Fsp3) is 0.769. The lowest BCUT2D eigenvalue weighted by Gasteiger charge is -2.62. The Balaban J connectivity index is 1.44. The topological polar surface area (TPSA) is 112 Å². The number of carbonyl (C=O) groups is 2. The molecule has 8 nitrogen and oxygen atoms in total. The molecule has 0 aliphatic heterocycles. The summed E-state index contributed by atoms with van der Waals surface area (Å²) in [5.74, 6) is 0.273. The molecule has 0 aromatic rings. The maximum Gasteiger partial charge on any atom is 0.333 e. The van der Waals surface area contributed by atoms with Crippen molar-refractivity contribution in [1.29, 1.82) is 0 Å². The Hall–Kier alpha value is -1.74. The van der Waals surface area contributed by atoms with Crippen LogP contribution in [0.1, 0.15) is 52.4 Å². The minimum absolute atomic E-state index is 0.0805. The van der Waals surface area contributed by atoms with E-state index in [-0.39, 0.29) is 37.3 Å². The van der Waals surface area contributed by atoms with E-state index in [0.29, 0.717) is 36.2 Å². The van der Waals surface area contributed by atoms with Crippen LogP contribution in [0.15, 0.2) is 24.3 Å². The van der Waals surface area contributed by atoms with E-state index in [1.54, 1.807) is 13.8 Å². The van der Waals surface area contributed by atoms with Gasteiger partial charge in [-0.2, -0.15) is 0 Å². The number of aliphatic hydroxyl groups is 2. The zero-order valence-electron chi connectivity index (χ0n) is 20.6. The van der Waals surface area contributed by atoms with Crippen LogP contribution in [0.3, 0.4) is 0 Å². The van der Waals surface area contributed by atoms with Crippen molar-refractivity contribution in [2.45, 2.75) is 64.6 Å². The molecule has 0 radical (unpaired) electrons. The van der Waals surface area contributed by atoms with Crippen LogP contribution >= 0.6 is 0 Å². The van der Waals surface area contributed by atoms with Gasteiger partial charge in [-0.05, 0) is 75.0 Å². The average molecular weight is 481 g/mol. The molecule has 4 fully saturated rings. The molecule has 4 aliphatic rings. The molecule has 2 N–H and O–H groups in total. The molecule has 4 aliphatic carbocycles.